The molecule has 6 heteroatoms. The van der Waals surface area contributed by atoms with Gasteiger partial charge in [0.05, 0.1) is 5.92 Å². The number of nitrogens with zero attached hydrogens (tertiary/aromatic N) is 3. The third kappa shape index (κ3) is 2.89. The van der Waals surface area contributed by atoms with Crippen molar-refractivity contribution in [2.75, 3.05) is 13.1 Å². The van der Waals surface area contributed by atoms with E-state index in [1.54, 1.807) is 0 Å². The number of hydrogen-bond acceptors (Lipinski definition) is 4. The van der Waals surface area contributed by atoms with Gasteiger partial charge in [-0.15, -0.1) is 0 Å². The van der Waals surface area contributed by atoms with Crippen molar-refractivity contribution in [2.24, 2.45) is 5.73 Å². The molecule has 0 bridgehead atoms. The van der Waals surface area contributed by atoms with E-state index in [9.17, 15) is 0 Å². The van der Waals surface area contributed by atoms with E-state index in [0.717, 1.165) is 24.9 Å². The summed E-state index contributed by atoms with van der Waals surface area (Å²) in [5.41, 5.74) is 7.71. The molecule has 3 N–H and O–H groups in total. The van der Waals surface area contributed by atoms with E-state index in [2.05, 4.69) is 10.1 Å². The molecule has 0 amide bonds. The second-order valence-corrected chi connectivity index (χ2v) is 5.49. The predicted molar refractivity (Wildman–Crippen MR) is 79.9 cm³/mol. The molecule has 0 spiro atoms. The number of rotatable bonds is 2. The molecule has 1 aliphatic rings. The van der Waals surface area contributed by atoms with Crippen molar-refractivity contribution in [3.8, 4) is 11.4 Å². The summed E-state index contributed by atoms with van der Waals surface area (Å²) in [6.45, 7) is 3.54. The molecule has 1 fully saturated rings. The fraction of sp³-hybridized carbons (Fsp3) is 0.400. The zero-order valence-corrected chi connectivity index (χ0v) is 12.0. The van der Waals surface area contributed by atoms with Crippen LogP contribution in [0.4, 0.5) is 0 Å². The molecule has 1 aliphatic heterocycles. The Morgan fingerprint density at radius 1 is 1.38 bits per heavy atom. The quantitative estimate of drug-likeness (QED) is 0.651. The molecule has 0 saturated carbocycles. The smallest absolute Gasteiger partial charge is 0.231 e. The number of nitrogens with two attached hydrogens (primary N) is 1. The standard InChI is InChI=1S/C15H19N5O/c1-10-4-6-11(7-5-10)13-18-14(21-19-13)12-3-2-8-20(9-12)15(16)17/h4-7,12H,2-3,8-9H2,1H3,(H3,16,17)/t12-/m0/s1. The van der Waals surface area contributed by atoms with Crippen LogP contribution in [0.1, 0.15) is 30.2 Å². The number of hydrogen-bond donors (Lipinski definition) is 2. The highest BCUT2D eigenvalue weighted by Crippen LogP contribution is 2.27. The number of guanidine groups is 1. The zero-order valence-electron chi connectivity index (χ0n) is 12.0. The molecule has 0 radical (unpaired) electrons. The molecule has 110 valence electrons. The lowest BCUT2D eigenvalue weighted by molar-refractivity contribution is 0.257. The summed E-state index contributed by atoms with van der Waals surface area (Å²) < 4.78 is 5.42. The van der Waals surface area contributed by atoms with Crippen LogP contribution in [0.25, 0.3) is 11.4 Å². The summed E-state index contributed by atoms with van der Waals surface area (Å²) in [6, 6.07) is 8.05. The number of benzene rings is 1. The second kappa shape index (κ2) is 5.55. The Kier molecular flexibility index (Phi) is 3.60. The van der Waals surface area contributed by atoms with Crippen molar-refractivity contribution >= 4 is 5.96 Å². The first kappa shape index (κ1) is 13.6. The Labute approximate surface area is 123 Å². The summed E-state index contributed by atoms with van der Waals surface area (Å²) in [7, 11) is 0. The van der Waals surface area contributed by atoms with Crippen molar-refractivity contribution in [1.29, 1.82) is 5.41 Å². The minimum atomic E-state index is 0.109. The first-order valence-corrected chi connectivity index (χ1v) is 7.13. The van der Waals surface area contributed by atoms with Gasteiger partial charge in [0.15, 0.2) is 5.96 Å². The fourth-order valence-corrected chi connectivity index (χ4v) is 2.62. The van der Waals surface area contributed by atoms with Crippen LogP contribution < -0.4 is 5.73 Å². The molecule has 21 heavy (non-hydrogen) atoms. The highest BCUT2D eigenvalue weighted by Gasteiger charge is 2.26. The molecule has 1 aromatic carbocycles. The van der Waals surface area contributed by atoms with Crippen LogP contribution in [0.2, 0.25) is 0 Å². The van der Waals surface area contributed by atoms with Crippen molar-refractivity contribution in [1.82, 2.24) is 15.0 Å². The van der Waals surface area contributed by atoms with Gasteiger partial charge in [-0.1, -0.05) is 35.0 Å². The SMILES string of the molecule is Cc1ccc(-c2noc([C@H]3CCCN(C(=N)N)C3)n2)cc1. The summed E-state index contributed by atoms with van der Waals surface area (Å²) in [5.74, 6) is 1.51. The maximum atomic E-state index is 7.54. The highest BCUT2D eigenvalue weighted by atomic mass is 16.5. The van der Waals surface area contributed by atoms with Gasteiger partial charge in [-0.25, -0.2) is 0 Å². The lowest BCUT2D eigenvalue weighted by atomic mass is 9.98. The molecular formula is C15H19N5O. The number of nitrogens with one attached hydrogen (secondary N) is 1. The molecule has 6 nitrogen and oxygen atoms in total. The van der Waals surface area contributed by atoms with E-state index in [-0.39, 0.29) is 11.9 Å². The molecule has 2 heterocycles. The highest BCUT2D eigenvalue weighted by molar-refractivity contribution is 5.74. The maximum Gasteiger partial charge on any atom is 0.231 e. The van der Waals surface area contributed by atoms with E-state index < -0.39 is 0 Å². The van der Waals surface area contributed by atoms with Crippen LogP contribution in [-0.2, 0) is 0 Å². The lowest BCUT2D eigenvalue weighted by Gasteiger charge is -2.30. The van der Waals surface area contributed by atoms with Gasteiger partial charge in [0, 0.05) is 18.7 Å². The van der Waals surface area contributed by atoms with Crippen LogP contribution in [0.5, 0.6) is 0 Å². The van der Waals surface area contributed by atoms with Crippen molar-refractivity contribution in [3.05, 3.63) is 35.7 Å². The Hall–Kier alpha value is -2.37. The first-order valence-electron chi connectivity index (χ1n) is 7.13. The van der Waals surface area contributed by atoms with Crippen LogP contribution in [0.15, 0.2) is 28.8 Å². The van der Waals surface area contributed by atoms with Crippen molar-refractivity contribution < 1.29 is 4.52 Å². The molecule has 1 saturated heterocycles. The monoisotopic (exact) mass is 285 g/mol. The summed E-state index contributed by atoms with van der Waals surface area (Å²) >= 11 is 0. The summed E-state index contributed by atoms with van der Waals surface area (Å²) in [5, 5.41) is 11.6. The van der Waals surface area contributed by atoms with E-state index >= 15 is 0 Å². The van der Waals surface area contributed by atoms with E-state index in [0.29, 0.717) is 18.3 Å². The first-order chi connectivity index (χ1) is 10.1. The average Bonchev–Trinajstić information content (AvgIpc) is 2.98. The molecule has 1 aromatic heterocycles. The van der Waals surface area contributed by atoms with Gasteiger partial charge in [0.25, 0.3) is 0 Å². The Balaban J connectivity index is 1.78. The molecule has 3 rings (SSSR count). The Bertz CT molecular complexity index is 634. The molecule has 1 atom stereocenters. The Morgan fingerprint density at radius 3 is 2.86 bits per heavy atom. The fourth-order valence-electron chi connectivity index (χ4n) is 2.62. The van der Waals surface area contributed by atoms with Gasteiger partial charge in [-0.05, 0) is 19.8 Å². The number of aromatic nitrogens is 2. The number of aryl methyl sites for hydroxylation is 1. The van der Waals surface area contributed by atoms with Gasteiger partial charge in [0.1, 0.15) is 0 Å². The minimum Gasteiger partial charge on any atom is -0.370 e. The van der Waals surface area contributed by atoms with Crippen LogP contribution in [-0.4, -0.2) is 34.1 Å². The third-order valence-corrected chi connectivity index (χ3v) is 3.86. The molecule has 0 aliphatic carbocycles. The lowest BCUT2D eigenvalue weighted by Crippen LogP contribution is -2.42. The number of likely N-dealkylation sites (tertiary alicyclic amines) is 1. The van der Waals surface area contributed by atoms with Crippen LogP contribution in [0, 0.1) is 12.3 Å². The van der Waals surface area contributed by atoms with Crippen molar-refractivity contribution in [2.45, 2.75) is 25.7 Å². The van der Waals surface area contributed by atoms with Crippen LogP contribution in [0.3, 0.4) is 0 Å². The topological polar surface area (TPSA) is 92.0 Å². The Morgan fingerprint density at radius 2 is 2.14 bits per heavy atom. The summed E-state index contributed by atoms with van der Waals surface area (Å²) in [4.78, 5) is 6.36. The third-order valence-electron chi connectivity index (χ3n) is 3.86. The molecule has 0 unspecified atom stereocenters. The number of piperidine rings is 1. The predicted octanol–water partition coefficient (Wildman–Crippen LogP) is 2.12. The van der Waals surface area contributed by atoms with Crippen molar-refractivity contribution in [3.63, 3.8) is 0 Å². The zero-order chi connectivity index (χ0) is 14.8. The van der Waals surface area contributed by atoms with Gasteiger partial charge < -0.3 is 15.2 Å². The second-order valence-electron chi connectivity index (χ2n) is 5.49. The maximum absolute atomic E-state index is 7.54. The summed E-state index contributed by atoms with van der Waals surface area (Å²) in [6.07, 6.45) is 1.96. The van der Waals surface area contributed by atoms with Crippen LogP contribution >= 0.6 is 0 Å². The van der Waals surface area contributed by atoms with E-state index in [1.165, 1.54) is 5.56 Å². The van der Waals surface area contributed by atoms with E-state index in [1.807, 2.05) is 36.1 Å². The van der Waals surface area contributed by atoms with Gasteiger partial charge in [-0.3, -0.25) is 5.41 Å². The normalized spacial score (nSPS) is 18.7. The average molecular weight is 285 g/mol. The van der Waals surface area contributed by atoms with Gasteiger partial charge in [-0.2, -0.15) is 4.98 Å². The largest absolute Gasteiger partial charge is 0.370 e. The molecule has 2 aromatic rings. The van der Waals surface area contributed by atoms with Gasteiger partial charge in [0.2, 0.25) is 11.7 Å². The molecular weight excluding hydrogens is 266 g/mol. The van der Waals surface area contributed by atoms with Gasteiger partial charge >= 0.3 is 0 Å². The minimum absolute atomic E-state index is 0.109. The van der Waals surface area contributed by atoms with E-state index in [4.69, 9.17) is 15.7 Å².